The van der Waals surface area contributed by atoms with E-state index in [-0.39, 0.29) is 11.8 Å². The van der Waals surface area contributed by atoms with Crippen LogP contribution in [0.1, 0.15) is 37.7 Å². The van der Waals surface area contributed by atoms with E-state index in [4.69, 9.17) is 26.2 Å². The quantitative estimate of drug-likeness (QED) is 0.854. The van der Waals surface area contributed by atoms with Gasteiger partial charge in [-0.1, -0.05) is 18.0 Å². The van der Waals surface area contributed by atoms with Gasteiger partial charge in [0.25, 0.3) is 0 Å². The molecule has 1 saturated carbocycles. The lowest BCUT2D eigenvalue weighted by Crippen LogP contribution is -2.35. The highest BCUT2D eigenvalue weighted by Crippen LogP contribution is 2.38. The van der Waals surface area contributed by atoms with Gasteiger partial charge in [-0.15, -0.1) is 0 Å². The number of halogens is 1. The number of hydrogen-bond acceptors (Lipinski definition) is 4. The molecule has 1 aliphatic carbocycles. The van der Waals surface area contributed by atoms with Crippen LogP contribution in [0.4, 0.5) is 0 Å². The zero-order chi connectivity index (χ0) is 17.8. The maximum Gasteiger partial charge on any atom is 0.306 e. The minimum absolute atomic E-state index is 0.103. The van der Waals surface area contributed by atoms with Gasteiger partial charge in [-0.25, -0.2) is 0 Å². The van der Waals surface area contributed by atoms with Crippen molar-refractivity contribution >= 4 is 23.5 Å². The third-order valence-electron chi connectivity index (χ3n) is 4.72. The summed E-state index contributed by atoms with van der Waals surface area (Å²) < 4.78 is 11.2. The molecule has 7 heteroatoms. The van der Waals surface area contributed by atoms with Crippen molar-refractivity contribution in [2.45, 2.75) is 38.6 Å². The number of carbonyl (C=O) groups is 2. The number of hydrogen-bond donors (Lipinski definition) is 2. The molecule has 2 unspecified atom stereocenters. The molecule has 1 amide bonds. The summed E-state index contributed by atoms with van der Waals surface area (Å²) >= 11 is 6.25. The smallest absolute Gasteiger partial charge is 0.306 e. The molecular formula is C18H22ClNO5. The van der Waals surface area contributed by atoms with Crippen LogP contribution >= 0.6 is 11.6 Å². The highest BCUT2D eigenvalue weighted by Gasteiger charge is 2.30. The largest absolute Gasteiger partial charge is 0.489 e. The topological polar surface area (TPSA) is 84.9 Å². The van der Waals surface area contributed by atoms with E-state index in [9.17, 15) is 9.59 Å². The van der Waals surface area contributed by atoms with Crippen molar-refractivity contribution in [1.29, 1.82) is 0 Å². The molecule has 3 rings (SSSR count). The van der Waals surface area contributed by atoms with E-state index in [2.05, 4.69) is 5.32 Å². The SMILES string of the molecule is O=C(O)C1CCCC(C(=O)NCc2cc(Cl)c3c(c2)OCCCO3)C1. The second-order valence-corrected chi connectivity index (χ2v) is 6.98. The summed E-state index contributed by atoms with van der Waals surface area (Å²) in [5, 5.41) is 12.5. The number of carboxylic acid groups (broad SMARTS) is 1. The molecular weight excluding hydrogens is 346 g/mol. The van der Waals surface area contributed by atoms with Gasteiger partial charge in [-0.3, -0.25) is 9.59 Å². The maximum absolute atomic E-state index is 12.4. The highest BCUT2D eigenvalue weighted by molar-refractivity contribution is 6.32. The number of carboxylic acids is 1. The third kappa shape index (κ3) is 4.37. The molecule has 0 aromatic heterocycles. The molecule has 2 atom stereocenters. The lowest BCUT2D eigenvalue weighted by atomic mass is 9.81. The van der Waals surface area contributed by atoms with E-state index >= 15 is 0 Å². The number of rotatable bonds is 4. The number of fused-ring (bicyclic) bond motifs is 1. The summed E-state index contributed by atoms with van der Waals surface area (Å²) in [6, 6.07) is 3.59. The number of aliphatic carboxylic acids is 1. The fourth-order valence-corrected chi connectivity index (χ4v) is 3.66. The van der Waals surface area contributed by atoms with Crippen molar-refractivity contribution in [2.24, 2.45) is 11.8 Å². The van der Waals surface area contributed by atoms with Gasteiger partial charge in [0, 0.05) is 18.9 Å². The molecule has 1 fully saturated rings. The van der Waals surface area contributed by atoms with Crippen molar-refractivity contribution in [3.8, 4) is 11.5 Å². The predicted octanol–water partition coefficient (Wildman–Crippen LogP) is 3.01. The predicted molar refractivity (Wildman–Crippen MR) is 92.0 cm³/mol. The first kappa shape index (κ1) is 17.9. The van der Waals surface area contributed by atoms with Gasteiger partial charge in [-0.05, 0) is 37.0 Å². The Labute approximate surface area is 151 Å². The average Bonchev–Trinajstić information content (AvgIpc) is 2.85. The van der Waals surface area contributed by atoms with Crippen LogP contribution in [0.2, 0.25) is 5.02 Å². The van der Waals surface area contributed by atoms with Crippen LogP contribution in [0.15, 0.2) is 12.1 Å². The van der Waals surface area contributed by atoms with Crippen molar-refractivity contribution in [2.75, 3.05) is 13.2 Å². The zero-order valence-corrected chi connectivity index (χ0v) is 14.7. The average molecular weight is 368 g/mol. The zero-order valence-electron chi connectivity index (χ0n) is 13.9. The molecule has 6 nitrogen and oxygen atoms in total. The minimum atomic E-state index is -0.813. The Bertz CT molecular complexity index is 663. The Morgan fingerprint density at radius 2 is 1.92 bits per heavy atom. The normalized spacial score (nSPS) is 22.8. The van der Waals surface area contributed by atoms with Gasteiger partial charge in [0.15, 0.2) is 11.5 Å². The summed E-state index contributed by atoms with van der Waals surface area (Å²) in [5.74, 6) is -0.437. The van der Waals surface area contributed by atoms with E-state index in [0.29, 0.717) is 49.1 Å². The van der Waals surface area contributed by atoms with Gasteiger partial charge >= 0.3 is 5.97 Å². The Morgan fingerprint density at radius 1 is 1.16 bits per heavy atom. The Hall–Kier alpha value is -1.95. The molecule has 1 aliphatic heterocycles. The van der Waals surface area contributed by atoms with Crippen LogP contribution in [0.5, 0.6) is 11.5 Å². The van der Waals surface area contributed by atoms with Crippen molar-refractivity contribution in [3.05, 3.63) is 22.7 Å². The number of nitrogens with one attached hydrogen (secondary N) is 1. The van der Waals surface area contributed by atoms with Crippen LogP contribution in [0, 0.1) is 11.8 Å². The van der Waals surface area contributed by atoms with Crippen molar-refractivity contribution in [1.82, 2.24) is 5.32 Å². The lowest BCUT2D eigenvalue weighted by Gasteiger charge is -2.25. The summed E-state index contributed by atoms with van der Waals surface area (Å²) in [4.78, 5) is 23.5. The van der Waals surface area contributed by atoms with E-state index in [1.807, 2.05) is 6.07 Å². The maximum atomic E-state index is 12.4. The molecule has 25 heavy (non-hydrogen) atoms. The number of carbonyl (C=O) groups excluding carboxylic acids is 1. The molecule has 0 spiro atoms. The first-order valence-corrected chi connectivity index (χ1v) is 9.01. The summed E-state index contributed by atoms with van der Waals surface area (Å²) in [5.41, 5.74) is 0.827. The molecule has 2 N–H and O–H groups in total. The van der Waals surface area contributed by atoms with Gasteiger partial charge < -0.3 is 19.9 Å². The molecule has 0 saturated heterocycles. The van der Waals surface area contributed by atoms with Gasteiger partial charge in [0.05, 0.1) is 24.2 Å². The molecule has 0 bridgehead atoms. The molecule has 136 valence electrons. The van der Waals surface area contributed by atoms with E-state index in [1.165, 1.54) is 0 Å². The number of amides is 1. The van der Waals surface area contributed by atoms with Gasteiger partial charge in [0.1, 0.15) is 0 Å². The molecule has 0 radical (unpaired) electrons. The standard InChI is InChI=1S/C18H22ClNO5/c19-14-7-11(8-15-16(14)25-6-2-5-24-15)10-20-17(21)12-3-1-4-13(9-12)18(22)23/h7-8,12-13H,1-6,9-10H2,(H,20,21)(H,22,23). The molecule has 2 aliphatic rings. The fourth-order valence-electron chi connectivity index (χ4n) is 3.37. The van der Waals surface area contributed by atoms with Crippen LogP contribution in [-0.2, 0) is 16.1 Å². The number of benzene rings is 1. The second-order valence-electron chi connectivity index (χ2n) is 6.57. The van der Waals surface area contributed by atoms with Gasteiger partial charge in [-0.2, -0.15) is 0 Å². The van der Waals surface area contributed by atoms with E-state index in [1.54, 1.807) is 6.07 Å². The van der Waals surface area contributed by atoms with Crippen LogP contribution in [-0.4, -0.2) is 30.2 Å². The first-order chi connectivity index (χ1) is 12.0. The monoisotopic (exact) mass is 367 g/mol. The second kappa shape index (κ2) is 7.95. The fraction of sp³-hybridized carbons (Fsp3) is 0.556. The van der Waals surface area contributed by atoms with Crippen LogP contribution in [0.25, 0.3) is 0 Å². The third-order valence-corrected chi connectivity index (χ3v) is 5.00. The van der Waals surface area contributed by atoms with E-state index in [0.717, 1.165) is 24.8 Å². The minimum Gasteiger partial charge on any atom is -0.489 e. The van der Waals surface area contributed by atoms with Crippen LogP contribution < -0.4 is 14.8 Å². The van der Waals surface area contributed by atoms with E-state index < -0.39 is 11.9 Å². The summed E-state index contributed by atoms with van der Waals surface area (Å²) in [6.45, 7) is 1.45. The van der Waals surface area contributed by atoms with Crippen LogP contribution in [0.3, 0.4) is 0 Å². The molecule has 1 heterocycles. The van der Waals surface area contributed by atoms with Gasteiger partial charge in [0.2, 0.25) is 5.91 Å². The lowest BCUT2D eigenvalue weighted by molar-refractivity contribution is -0.144. The number of ether oxygens (including phenoxy) is 2. The Kier molecular flexibility index (Phi) is 5.68. The summed E-state index contributed by atoms with van der Waals surface area (Å²) in [7, 11) is 0. The highest BCUT2D eigenvalue weighted by atomic mass is 35.5. The summed E-state index contributed by atoms with van der Waals surface area (Å²) in [6.07, 6.45) is 3.35. The first-order valence-electron chi connectivity index (χ1n) is 8.63. The van der Waals surface area contributed by atoms with Crippen molar-refractivity contribution in [3.63, 3.8) is 0 Å². The molecule has 1 aromatic carbocycles. The Morgan fingerprint density at radius 3 is 2.72 bits per heavy atom. The molecule has 1 aromatic rings. The van der Waals surface area contributed by atoms with Crippen molar-refractivity contribution < 1.29 is 24.2 Å². The Balaban J connectivity index is 1.61.